The van der Waals surface area contributed by atoms with Crippen LogP contribution in [-0.4, -0.2) is 40.1 Å². The van der Waals surface area contributed by atoms with E-state index in [9.17, 15) is 14.7 Å². The predicted octanol–water partition coefficient (Wildman–Crippen LogP) is 0.324. The molecule has 0 saturated heterocycles. The number of carbonyl (C=O) groups excluding carboxylic acids is 1. The number of nitrogens with zero attached hydrogens (tertiary/aromatic N) is 1. The number of rotatable bonds is 4. The van der Waals surface area contributed by atoms with Gasteiger partial charge >= 0.3 is 5.97 Å². The van der Waals surface area contributed by atoms with Crippen LogP contribution in [-0.2, 0) is 9.59 Å². The minimum atomic E-state index is -1.16. The Bertz CT molecular complexity index is 442. The molecule has 0 radical (unpaired) electrons. The molecule has 1 aromatic carbocycles. The van der Waals surface area contributed by atoms with E-state index in [0.29, 0.717) is 5.56 Å². The molecule has 0 spiro atoms. The van der Waals surface area contributed by atoms with Crippen LogP contribution in [0.4, 0.5) is 0 Å². The number of benzene rings is 1. The highest BCUT2D eigenvalue weighted by molar-refractivity contribution is 5.87. The second-order valence-corrected chi connectivity index (χ2v) is 4.07. The number of carboxylic acid groups (broad SMARTS) is 1. The molecule has 4 N–H and O–H groups in total. The Hall–Kier alpha value is -2.08. The molecule has 0 heterocycles. The number of aliphatic carboxylic acids is 1. The topological polar surface area (TPSA) is 104 Å². The molecular formula is C12H16N2O4. The van der Waals surface area contributed by atoms with Crippen LogP contribution >= 0.6 is 0 Å². The number of phenols is 1. The van der Waals surface area contributed by atoms with Gasteiger partial charge in [-0.1, -0.05) is 12.1 Å². The lowest BCUT2D eigenvalue weighted by Gasteiger charge is -2.26. The number of hydrogen-bond acceptors (Lipinski definition) is 4. The first-order chi connectivity index (χ1) is 8.34. The summed E-state index contributed by atoms with van der Waals surface area (Å²) in [5, 5.41) is 18.4. The molecule has 1 unspecified atom stereocenters. The van der Waals surface area contributed by atoms with Gasteiger partial charge in [-0.25, -0.2) is 4.79 Å². The zero-order valence-electron chi connectivity index (χ0n) is 10.2. The summed E-state index contributed by atoms with van der Waals surface area (Å²) >= 11 is 0. The smallest absolute Gasteiger partial charge is 0.331 e. The fourth-order valence-corrected chi connectivity index (χ4v) is 1.64. The van der Waals surface area contributed by atoms with Crippen molar-refractivity contribution in [1.82, 2.24) is 4.90 Å². The van der Waals surface area contributed by atoms with Crippen molar-refractivity contribution in [2.75, 3.05) is 7.05 Å². The van der Waals surface area contributed by atoms with E-state index >= 15 is 0 Å². The van der Waals surface area contributed by atoms with Crippen LogP contribution in [0.3, 0.4) is 0 Å². The fourth-order valence-electron chi connectivity index (χ4n) is 1.64. The Labute approximate surface area is 105 Å². The Morgan fingerprint density at radius 1 is 1.28 bits per heavy atom. The van der Waals surface area contributed by atoms with E-state index in [0.717, 1.165) is 4.90 Å². The largest absolute Gasteiger partial charge is 0.508 e. The SMILES string of the molecule is C[C@H](N)C(=O)N(C)C(C(=O)O)c1ccc(O)cc1. The lowest BCUT2D eigenvalue weighted by molar-refractivity contribution is -0.149. The van der Waals surface area contributed by atoms with Crippen molar-refractivity contribution in [3.63, 3.8) is 0 Å². The van der Waals surface area contributed by atoms with Crippen molar-refractivity contribution in [2.45, 2.75) is 19.0 Å². The van der Waals surface area contributed by atoms with Gasteiger partial charge < -0.3 is 20.8 Å². The van der Waals surface area contributed by atoms with Gasteiger partial charge in [-0.15, -0.1) is 0 Å². The maximum atomic E-state index is 11.7. The first-order valence-electron chi connectivity index (χ1n) is 5.38. The average molecular weight is 252 g/mol. The summed E-state index contributed by atoms with van der Waals surface area (Å²) in [7, 11) is 1.39. The number of phenolic OH excluding ortho intramolecular Hbond substituents is 1. The summed E-state index contributed by atoms with van der Waals surface area (Å²) < 4.78 is 0. The first-order valence-corrected chi connectivity index (χ1v) is 5.38. The number of carbonyl (C=O) groups is 2. The van der Waals surface area contributed by atoms with Crippen LogP contribution in [0.25, 0.3) is 0 Å². The van der Waals surface area contributed by atoms with Crippen molar-refractivity contribution < 1.29 is 19.8 Å². The fraction of sp³-hybridized carbons (Fsp3) is 0.333. The third-order valence-corrected chi connectivity index (χ3v) is 2.57. The number of amides is 1. The number of carboxylic acids is 1. The molecule has 0 aliphatic rings. The number of nitrogens with two attached hydrogens (primary N) is 1. The van der Waals surface area contributed by atoms with Crippen LogP contribution in [0.5, 0.6) is 5.75 Å². The maximum Gasteiger partial charge on any atom is 0.331 e. The number of likely N-dealkylation sites (N-methyl/N-ethyl adjacent to an activating group) is 1. The van der Waals surface area contributed by atoms with Gasteiger partial charge in [-0.05, 0) is 24.6 Å². The first kappa shape index (κ1) is 14.0. The van der Waals surface area contributed by atoms with E-state index < -0.39 is 24.0 Å². The quantitative estimate of drug-likeness (QED) is 0.716. The molecule has 2 atom stereocenters. The molecule has 0 fully saturated rings. The van der Waals surface area contributed by atoms with Crippen molar-refractivity contribution in [3.8, 4) is 5.75 Å². The van der Waals surface area contributed by atoms with E-state index in [2.05, 4.69) is 0 Å². The second-order valence-electron chi connectivity index (χ2n) is 4.07. The van der Waals surface area contributed by atoms with Gasteiger partial charge in [0.2, 0.25) is 5.91 Å². The average Bonchev–Trinajstić information content (AvgIpc) is 2.30. The van der Waals surface area contributed by atoms with Crippen molar-refractivity contribution in [3.05, 3.63) is 29.8 Å². The summed E-state index contributed by atoms with van der Waals surface area (Å²) in [5.41, 5.74) is 5.85. The van der Waals surface area contributed by atoms with Gasteiger partial charge in [-0.2, -0.15) is 0 Å². The molecule has 0 bridgehead atoms. The molecule has 1 aromatic rings. The van der Waals surface area contributed by atoms with Crippen LogP contribution in [0.15, 0.2) is 24.3 Å². The summed E-state index contributed by atoms with van der Waals surface area (Å²) in [6, 6.07) is 3.77. The third kappa shape index (κ3) is 2.98. The standard InChI is InChI=1S/C12H16N2O4/c1-7(13)11(16)14(2)10(12(17)18)8-3-5-9(15)6-4-8/h3-7,10,15H,13H2,1-2H3,(H,17,18)/t7-,10?/m0/s1. The van der Waals surface area contributed by atoms with Gasteiger partial charge in [0.05, 0.1) is 6.04 Å². The monoisotopic (exact) mass is 252 g/mol. The summed E-state index contributed by atoms with van der Waals surface area (Å²) in [6.45, 7) is 1.49. The molecule has 98 valence electrons. The van der Waals surface area contributed by atoms with E-state index in [1.165, 1.54) is 38.2 Å². The molecule has 6 heteroatoms. The van der Waals surface area contributed by atoms with Crippen molar-refractivity contribution in [1.29, 1.82) is 0 Å². The van der Waals surface area contributed by atoms with Gasteiger partial charge in [0.15, 0.2) is 6.04 Å². The molecular weight excluding hydrogens is 236 g/mol. The van der Waals surface area contributed by atoms with Gasteiger partial charge in [0.25, 0.3) is 0 Å². The van der Waals surface area contributed by atoms with Crippen LogP contribution in [0.2, 0.25) is 0 Å². The van der Waals surface area contributed by atoms with E-state index in [4.69, 9.17) is 10.8 Å². The van der Waals surface area contributed by atoms with Crippen LogP contribution in [0, 0.1) is 0 Å². The Morgan fingerprint density at radius 3 is 2.17 bits per heavy atom. The molecule has 1 rings (SSSR count). The molecule has 0 saturated carbocycles. The third-order valence-electron chi connectivity index (χ3n) is 2.57. The molecule has 0 aliphatic carbocycles. The number of aromatic hydroxyl groups is 1. The highest BCUT2D eigenvalue weighted by Crippen LogP contribution is 2.22. The van der Waals surface area contributed by atoms with Crippen LogP contribution in [0.1, 0.15) is 18.5 Å². The van der Waals surface area contributed by atoms with Crippen LogP contribution < -0.4 is 5.73 Å². The lowest BCUT2D eigenvalue weighted by Crippen LogP contribution is -2.44. The highest BCUT2D eigenvalue weighted by atomic mass is 16.4. The maximum absolute atomic E-state index is 11.7. The second kappa shape index (κ2) is 5.50. The van der Waals surface area contributed by atoms with Gasteiger partial charge in [0.1, 0.15) is 5.75 Å². The molecule has 1 amide bonds. The minimum absolute atomic E-state index is 0.0315. The minimum Gasteiger partial charge on any atom is -0.508 e. The Morgan fingerprint density at radius 2 is 1.78 bits per heavy atom. The van der Waals surface area contributed by atoms with Gasteiger partial charge in [0, 0.05) is 7.05 Å². The van der Waals surface area contributed by atoms with E-state index in [-0.39, 0.29) is 5.75 Å². The normalized spacial score (nSPS) is 13.7. The molecule has 0 aliphatic heterocycles. The highest BCUT2D eigenvalue weighted by Gasteiger charge is 2.29. The predicted molar refractivity (Wildman–Crippen MR) is 64.9 cm³/mol. The molecule has 6 nitrogen and oxygen atoms in total. The molecule has 18 heavy (non-hydrogen) atoms. The van der Waals surface area contributed by atoms with E-state index in [1.807, 2.05) is 0 Å². The molecule has 0 aromatic heterocycles. The summed E-state index contributed by atoms with van der Waals surface area (Å²) in [5.74, 6) is -1.59. The summed E-state index contributed by atoms with van der Waals surface area (Å²) in [4.78, 5) is 24.1. The Kier molecular flexibility index (Phi) is 4.28. The van der Waals surface area contributed by atoms with Crippen molar-refractivity contribution in [2.24, 2.45) is 5.73 Å². The lowest BCUT2D eigenvalue weighted by atomic mass is 10.0. The zero-order chi connectivity index (χ0) is 13.9. The van der Waals surface area contributed by atoms with Gasteiger partial charge in [-0.3, -0.25) is 4.79 Å². The number of hydrogen-bond donors (Lipinski definition) is 3. The zero-order valence-corrected chi connectivity index (χ0v) is 10.2. The van der Waals surface area contributed by atoms with Crippen molar-refractivity contribution >= 4 is 11.9 Å². The van der Waals surface area contributed by atoms with E-state index in [1.54, 1.807) is 0 Å². The summed E-state index contributed by atoms with van der Waals surface area (Å²) in [6.07, 6.45) is 0. The Balaban J connectivity index is 3.07.